The van der Waals surface area contributed by atoms with Crippen molar-refractivity contribution in [3.05, 3.63) is 70.9 Å². The van der Waals surface area contributed by atoms with Crippen LogP contribution in [0.1, 0.15) is 5.56 Å². The van der Waals surface area contributed by atoms with Gasteiger partial charge in [0, 0.05) is 23.6 Å². The molecule has 0 spiro atoms. The minimum Gasteiger partial charge on any atom is -0.348 e. The zero-order chi connectivity index (χ0) is 18.2. The van der Waals surface area contributed by atoms with Gasteiger partial charge in [0.1, 0.15) is 11.6 Å². The normalized spacial score (nSPS) is 15.4. The zero-order valence-corrected chi connectivity index (χ0v) is 13.5. The molecule has 0 fully saturated rings. The molecule has 0 saturated heterocycles. The lowest BCUT2D eigenvalue weighted by molar-refractivity contribution is -0.137. The first-order valence-corrected chi connectivity index (χ1v) is 7.61. The van der Waals surface area contributed by atoms with Gasteiger partial charge in [-0.1, -0.05) is 17.7 Å². The van der Waals surface area contributed by atoms with Crippen molar-refractivity contribution in [2.45, 2.75) is 6.18 Å². The van der Waals surface area contributed by atoms with Gasteiger partial charge in [-0.15, -0.1) is 0 Å². The van der Waals surface area contributed by atoms with Crippen LogP contribution in [0.4, 0.5) is 33.3 Å². The number of rotatable bonds is 2. The third-order valence-electron chi connectivity index (χ3n) is 3.68. The first-order chi connectivity index (χ1) is 11.7. The van der Waals surface area contributed by atoms with Crippen molar-refractivity contribution in [1.29, 1.82) is 0 Å². The summed E-state index contributed by atoms with van der Waals surface area (Å²) in [5.41, 5.74) is -0.255. The van der Waals surface area contributed by atoms with E-state index in [0.29, 0.717) is 10.7 Å². The van der Waals surface area contributed by atoms with Crippen molar-refractivity contribution in [2.75, 3.05) is 23.0 Å². The van der Waals surface area contributed by atoms with E-state index in [0.717, 1.165) is 30.3 Å². The Kier molecular flexibility index (Phi) is 4.60. The van der Waals surface area contributed by atoms with Crippen molar-refractivity contribution in [3.8, 4) is 0 Å². The first kappa shape index (κ1) is 17.5. The van der Waals surface area contributed by atoms with Crippen molar-refractivity contribution < 1.29 is 22.0 Å². The van der Waals surface area contributed by atoms with Crippen LogP contribution in [0.25, 0.3) is 0 Å². The Morgan fingerprint density at radius 2 is 1.60 bits per heavy atom. The summed E-state index contributed by atoms with van der Waals surface area (Å²) in [5.74, 6) is -1.51. The Morgan fingerprint density at radius 3 is 2.24 bits per heavy atom. The molecule has 1 aliphatic heterocycles. The Hall–Kier alpha value is -2.28. The van der Waals surface area contributed by atoms with E-state index in [9.17, 15) is 22.0 Å². The maximum atomic E-state index is 13.4. The molecule has 2 aromatic rings. The number of hydrogen-bond acceptors (Lipinski definition) is 2. The van der Waals surface area contributed by atoms with Gasteiger partial charge in [0.15, 0.2) is 0 Å². The summed E-state index contributed by atoms with van der Waals surface area (Å²) in [4.78, 5) is 3.05. The molecule has 25 heavy (non-hydrogen) atoms. The number of alkyl halides is 3. The smallest absolute Gasteiger partial charge is 0.348 e. The van der Waals surface area contributed by atoms with Crippen molar-refractivity contribution in [2.24, 2.45) is 0 Å². The van der Waals surface area contributed by atoms with Crippen LogP contribution in [0.15, 0.2) is 53.7 Å². The molecule has 0 amide bonds. The Morgan fingerprint density at radius 1 is 0.920 bits per heavy atom. The highest BCUT2D eigenvalue weighted by Gasteiger charge is 2.31. The quantitative estimate of drug-likeness (QED) is 0.654. The monoisotopic (exact) mass is 374 g/mol. The summed E-state index contributed by atoms with van der Waals surface area (Å²) < 4.78 is 65.5. The molecule has 0 atom stereocenters. The predicted octanol–water partition coefficient (Wildman–Crippen LogP) is 5.35. The predicted molar refractivity (Wildman–Crippen MR) is 86.4 cm³/mol. The number of hydrogen-bond donors (Lipinski definition) is 0. The Bertz CT molecular complexity index is 799. The number of anilines is 2. The van der Waals surface area contributed by atoms with E-state index in [1.165, 1.54) is 23.2 Å². The topological polar surface area (TPSA) is 6.48 Å². The fraction of sp³-hybridized carbons (Fsp3) is 0.176. The second-order valence-corrected chi connectivity index (χ2v) is 6.05. The van der Waals surface area contributed by atoms with Crippen molar-refractivity contribution in [3.63, 3.8) is 0 Å². The van der Waals surface area contributed by atoms with Crippen LogP contribution in [0.3, 0.4) is 0 Å². The summed E-state index contributed by atoms with van der Waals surface area (Å²) >= 11 is 6.08. The Labute approximate surface area is 145 Å². The van der Waals surface area contributed by atoms with E-state index in [2.05, 4.69) is 0 Å². The maximum Gasteiger partial charge on any atom is 0.416 e. The molecule has 132 valence electrons. The standard InChI is InChI=1S/C17H12ClF5N2/c18-12-8-24(15-3-1-2-11(4-15)17(21,22)23)10-25(9-12)16-6-13(19)5-14(20)7-16/h1-7,9H,8,10H2. The van der Waals surface area contributed by atoms with Crippen LogP contribution in [-0.2, 0) is 6.18 Å². The van der Waals surface area contributed by atoms with Crippen LogP contribution in [0, 0.1) is 11.6 Å². The average molecular weight is 375 g/mol. The van der Waals surface area contributed by atoms with E-state index in [1.54, 1.807) is 4.90 Å². The van der Waals surface area contributed by atoms with Crippen molar-refractivity contribution >= 4 is 23.0 Å². The second kappa shape index (κ2) is 6.55. The van der Waals surface area contributed by atoms with Crippen molar-refractivity contribution in [1.82, 2.24) is 0 Å². The molecule has 0 radical (unpaired) electrons. The van der Waals surface area contributed by atoms with Gasteiger partial charge in [-0.25, -0.2) is 8.78 Å². The van der Waals surface area contributed by atoms with Gasteiger partial charge in [-0.05, 0) is 30.3 Å². The first-order valence-electron chi connectivity index (χ1n) is 7.23. The zero-order valence-electron chi connectivity index (χ0n) is 12.7. The molecule has 1 heterocycles. The highest BCUT2D eigenvalue weighted by molar-refractivity contribution is 6.30. The highest BCUT2D eigenvalue weighted by Crippen LogP contribution is 2.33. The van der Waals surface area contributed by atoms with Gasteiger partial charge in [-0.3, -0.25) is 0 Å². The molecule has 0 aromatic heterocycles. The molecule has 0 N–H and O–H groups in total. The lowest BCUT2D eigenvalue weighted by Crippen LogP contribution is -2.40. The summed E-state index contributed by atoms with van der Waals surface area (Å²) in [6.07, 6.45) is -2.96. The van der Waals surface area contributed by atoms with E-state index < -0.39 is 23.4 Å². The Balaban J connectivity index is 1.91. The van der Waals surface area contributed by atoms with Crippen LogP contribution in [-0.4, -0.2) is 13.2 Å². The molecular weight excluding hydrogens is 363 g/mol. The molecule has 0 bridgehead atoms. The lowest BCUT2D eigenvalue weighted by atomic mass is 10.1. The van der Waals surface area contributed by atoms with E-state index in [4.69, 9.17) is 11.6 Å². The fourth-order valence-electron chi connectivity index (χ4n) is 2.58. The van der Waals surface area contributed by atoms with Gasteiger partial charge in [-0.2, -0.15) is 13.2 Å². The third-order valence-corrected chi connectivity index (χ3v) is 3.90. The molecule has 3 rings (SSSR count). The summed E-state index contributed by atoms with van der Waals surface area (Å²) in [7, 11) is 0. The van der Waals surface area contributed by atoms with Crippen LogP contribution < -0.4 is 9.80 Å². The van der Waals surface area contributed by atoms with E-state index in [-0.39, 0.29) is 18.9 Å². The van der Waals surface area contributed by atoms with E-state index in [1.807, 2.05) is 0 Å². The number of nitrogens with zero attached hydrogens (tertiary/aromatic N) is 2. The van der Waals surface area contributed by atoms with Crippen LogP contribution in [0.2, 0.25) is 0 Å². The fourth-order valence-corrected chi connectivity index (χ4v) is 2.84. The third kappa shape index (κ3) is 4.04. The minimum absolute atomic E-state index is 0.0976. The van der Waals surface area contributed by atoms with Gasteiger partial charge in [0.05, 0.1) is 23.8 Å². The van der Waals surface area contributed by atoms with Gasteiger partial charge < -0.3 is 9.80 Å². The summed E-state index contributed by atoms with van der Waals surface area (Å²) in [5, 5.41) is 0.327. The summed E-state index contributed by atoms with van der Waals surface area (Å²) in [6, 6.07) is 7.80. The molecular formula is C17H12ClF5N2. The van der Waals surface area contributed by atoms with Crippen LogP contribution >= 0.6 is 11.6 Å². The SMILES string of the molecule is Fc1cc(F)cc(N2C=C(Cl)CN(c3cccc(C(F)(F)F)c3)C2)c1. The minimum atomic E-state index is -4.46. The molecule has 0 saturated carbocycles. The largest absolute Gasteiger partial charge is 0.416 e. The molecule has 1 aliphatic rings. The molecule has 0 aliphatic carbocycles. The van der Waals surface area contributed by atoms with Gasteiger partial charge in [0.2, 0.25) is 0 Å². The molecule has 0 unspecified atom stereocenters. The van der Waals surface area contributed by atoms with E-state index >= 15 is 0 Å². The maximum absolute atomic E-state index is 13.4. The average Bonchev–Trinajstić information content (AvgIpc) is 2.53. The number of halogens is 6. The second-order valence-electron chi connectivity index (χ2n) is 5.56. The molecule has 2 aromatic carbocycles. The molecule has 2 nitrogen and oxygen atoms in total. The highest BCUT2D eigenvalue weighted by atomic mass is 35.5. The molecule has 8 heteroatoms. The van der Waals surface area contributed by atoms with Crippen LogP contribution in [0.5, 0.6) is 0 Å². The van der Waals surface area contributed by atoms with Gasteiger partial charge in [0.25, 0.3) is 0 Å². The summed E-state index contributed by atoms with van der Waals surface area (Å²) in [6.45, 7) is 0.289. The lowest BCUT2D eigenvalue weighted by Gasteiger charge is -2.35. The van der Waals surface area contributed by atoms with Gasteiger partial charge >= 0.3 is 6.18 Å². The number of benzene rings is 2.